The zero-order chi connectivity index (χ0) is 13.9. The summed E-state index contributed by atoms with van der Waals surface area (Å²) in [5, 5.41) is 0.628. The molecule has 0 fully saturated rings. The van der Waals surface area contributed by atoms with E-state index < -0.39 is 0 Å². The summed E-state index contributed by atoms with van der Waals surface area (Å²) >= 11 is 6.08. The number of aromatic nitrogens is 2. The second-order valence-electron chi connectivity index (χ2n) is 4.36. The van der Waals surface area contributed by atoms with Crippen molar-refractivity contribution in [3.05, 3.63) is 65.4 Å². The zero-order valence-electron chi connectivity index (χ0n) is 10.5. The van der Waals surface area contributed by atoms with Crippen LogP contribution in [-0.2, 0) is 0 Å². The van der Waals surface area contributed by atoms with Crippen molar-refractivity contribution >= 4 is 17.9 Å². The molecule has 0 aliphatic heterocycles. The number of carbonyl (C=O) groups is 1. The molecule has 0 amide bonds. The van der Waals surface area contributed by atoms with Gasteiger partial charge in [0.2, 0.25) is 0 Å². The molecule has 3 nitrogen and oxygen atoms in total. The minimum Gasteiger partial charge on any atom is -0.336 e. The van der Waals surface area contributed by atoms with Gasteiger partial charge in [-0.25, -0.2) is 4.98 Å². The third-order valence-corrected chi connectivity index (χ3v) is 3.28. The highest BCUT2D eigenvalue weighted by molar-refractivity contribution is 6.31. The molecule has 0 saturated carbocycles. The van der Waals surface area contributed by atoms with E-state index in [0.29, 0.717) is 16.5 Å². The summed E-state index contributed by atoms with van der Waals surface area (Å²) in [6.07, 6.45) is 2.25. The van der Waals surface area contributed by atoms with Gasteiger partial charge in [-0.2, -0.15) is 0 Å². The van der Waals surface area contributed by atoms with Crippen LogP contribution in [0.4, 0.5) is 0 Å². The van der Waals surface area contributed by atoms with Crippen molar-refractivity contribution in [2.45, 2.75) is 0 Å². The van der Waals surface area contributed by atoms with Crippen molar-refractivity contribution < 1.29 is 4.79 Å². The lowest BCUT2D eigenvalue weighted by Gasteiger charge is -2.08. The number of hydrogen-bond acceptors (Lipinski definition) is 2. The van der Waals surface area contributed by atoms with Gasteiger partial charge in [-0.3, -0.25) is 4.79 Å². The molecular formula is C16H11ClN2O. The largest absolute Gasteiger partial charge is 0.336 e. The van der Waals surface area contributed by atoms with Gasteiger partial charge in [-0.05, 0) is 23.3 Å². The fourth-order valence-electron chi connectivity index (χ4n) is 2.11. The summed E-state index contributed by atoms with van der Waals surface area (Å²) in [7, 11) is 0. The molecule has 0 unspecified atom stereocenters. The first-order chi connectivity index (χ1) is 9.78. The smallest absolute Gasteiger partial charge is 0.167 e. The average Bonchev–Trinajstić information content (AvgIpc) is 2.97. The van der Waals surface area contributed by atoms with Gasteiger partial charge in [0.25, 0.3) is 0 Å². The summed E-state index contributed by atoms with van der Waals surface area (Å²) in [6.45, 7) is 0. The van der Waals surface area contributed by atoms with Crippen LogP contribution in [0.2, 0.25) is 5.02 Å². The fourth-order valence-corrected chi connectivity index (χ4v) is 2.29. The average molecular weight is 283 g/mol. The maximum Gasteiger partial charge on any atom is 0.167 e. The first kappa shape index (κ1) is 12.6. The molecule has 3 aromatic rings. The van der Waals surface area contributed by atoms with E-state index in [-0.39, 0.29) is 0 Å². The molecule has 0 atom stereocenters. The zero-order valence-corrected chi connectivity index (χ0v) is 11.3. The number of halogens is 1. The van der Waals surface area contributed by atoms with Crippen LogP contribution in [-0.4, -0.2) is 16.3 Å². The number of nitrogens with one attached hydrogen (secondary N) is 1. The Labute approximate surface area is 121 Å². The summed E-state index contributed by atoms with van der Waals surface area (Å²) in [5.41, 5.74) is 3.40. The maximum atomic E-state index is 10.8. The summed E-state index contributed by atoms with van der Waals surface area (Å²) < 4.78 is 0. The van der Waals surface area contributed by atoms with Crippen LogP contribution >= 0.6 is 11.6 Å². The van der Waals surface area contributed by atoms with E-state index in [1.807, 2.05) is 48.5 Å². The predicted octanol–water partition coefficient (Wildman–Crippen LogP) is 4.21. The quantitative estimate of drug-likeness (QED) is 0.732. The van der Waals surface area contributed by atoms with Gasteiger partial charge in [0, 0.05) is 10.6 Å². The Morgan fingerprint density at radius 2 is 1.85 bits per heavy atom. The molecule has 4 heteroatoms. The Morgan fingerprint density at radius 1 is 1.05 bits per heavy atom. The molecular weight excluding hydrogens is 272 g/mol. The molecule has 0 radical (unpaired) electrons. The number of rotatable bonds is 3. The fraction of sp³-hybridized carbons (Fsp3) is 0. The highest BCUT2D eigenvalue weighted by Crippen LogP contribution is 2.32. The molecule has 0 saturated heterocycles. The molecule has 0 spiro atoms. The first-order valence-electron chi connectivity index (χ1n) is 6.13. The molecule has 98 valence electrons. The lowest BCUT2D eigenvalue weighted by molar-refractivity contribution is 0.111. The molecule has 0 aliphatic rings. The van der Waals surface area contributed by atoms with Gasteiger partial charge in [-0.1, -0.05) is 48.0 Å². The van der Waals surface area contributed by atoms with E-state index in [9.17, 15) is 4.79 Å². The van der Waals surface area contributed by atoms with Crippen molar-refractivity contribution in [1.29, 1.82) is 0 Å². The second-order valence-corrected chi connectivity index (χ2v) is 4.80. The minimum atomic E-state index is 0.444. The van der Waals surface area contributed by atoms with Crippen LogP contribution in [0.25, 0.3) is 22.5 Å². The number of aldehydes is 1. The Hall–Kier alpha value is -2.39. The van der Waals surface area contributed by atoms with Gasteiger partial charge in [-0.15, -0.1) is 0 Å². The van der Waals surface area contributed by atoms with Crippen LogP contribution in [0.5, 0.6) is 0 Å². The van der Waals surface area contributed by atoms with E-state index in [4.69, 9.17) is 11.6 Å². The Bertz CT molecular complexity index is 750. The standard InChI is InChI=1S/C16H11ClN2O/c17-12-6-7-14(11-4-2-1-3-5-11)15(8-12)16-18-9-13(10-20)19-16/h1-10H,(H,18,19). The van der Waals surface area contributed by atoms with E-state index in [0.717, 1.165) is 23.0 Å². The summed E-state index contributed by atoms with van der Waals surface area (Å²) in [5.74, 6) is 0.633. The number of imidazole rings is 1. The number of carbonyl (C=O) groups excluding carboxylic acids is 1. The molecule has 3 rings (SSSR count). The van der Waals surface area contributed by atoms with Gasteiger partial charge >= 0.3 is 0 Å². The SMILES string of the molecule is O=Cc1cnc(-c2cc(Cl)ccc2-c2ccccc2)[nH]1. The van der Waals surface area contributed by atoms with E-state index in [1.165, 1.54) is 6.20 Å². The first-order valence-corrected chi connectivity index (χ1v) is 6.51. The number of aromatic amines is 1. The molecule has 1 N–H and O–H groups in total. The van der Waals surface area contributed by atoms with E-state index in [2.05, 4.69) is 9.97 Å². The number of benzene rings is 2. The lowest BCUT2D eigenvalue weighted by Crippen LogP contribution is -1.88. The second kappa shape index (κ2) is 5.31. The van der Waals surface area contributed by atoms with Crippen LogP contribution in [0.15, 0.2) is 54.7 Å². The van der Waals surface area contributed by atoms with E-state index in [1.54, 1.807) is 0 Å². The monoisotopic (exact) mass is 282 g/mol. The topological polar surface area (TPSA) is 45.8 Å². The Balaban J connectivity index is 2.18. The van der Waals surface area contributed by atoms with Crippen molar-refractivity contribution in [3.63, 3.8) is 0 Å². The number of H-pyrrole nitrogens is 1. The van der Waals surface area contributed by atoms with Gasteiger partial charge < -0.3 is 4.98 Å². The van der Waals surface area contributed by atoms with Crippen molar-refractivity contribution in [3.8, 4) is 22.5 Å². The lowest BCUT2D eigenvalue weighted by atomic mass is 9.99. The van der Waals surface area contributed by atoms with Crippen molar-refractivity contribution in [2.24, 2.45) is 0 Å². The minimum absolute atomic E-state index is 0.444. The third kappa shape index (κ3) is 2.36. The van der Waals surface area contributed by atoms with Crippen LogP contribution < -0.4 is 0 Å². The molecule has 1 heterocycles. The van der Waals surface area contributed by atoms with Crippen LogP contribution in [0, 0.1) is 0 Å². The predicted molar refractivity (Wildman–Crippen MR) is 79.9 cm³/mol. The third-order valence-electron chi connectivity index (χ3n) is 3.04. The molecule has 1 aromatic heterocycles. The van der Waals surface area contributed by atoms with Crippen molar-refractivity contribution in [2.75, 3.05) is 0 Å². The Kier molecular flexibility index (Phi) is 3.35. The molecule has 2 aromatic carbocycles. The van der Waals surface area contributed by atoms with E-state index >= 15 is 0 Å². The van der Waals surface area contributed by atoms with Crippen LogP contribution in [0.1, 0.15) is 10.5 Å². The van der Waals surface area contributed by atoms with Crippen LogP contribution in [0.3, 0.4) is 0 Å². The summed E-state index contributed by atoms with van der Waals surface area (Å²) in [4.78, 5) is 18.0. The molecule has 0 aliphatic carbocycles. The number of hydrogen-bond donors (Lipinski definition) is 1. The van der Waals surface area contributed by atoms with Gasteiger partial charge in [0.05, 0.1) is 11.9 Å². The van der Waals surface area contributed by atoms with Gasteiger partial charge in [0.15, 0.2) is 6.29 Å². The Morgan fingerprint density at radius 3 is 2.55 bits per heavy atom. The van der Waals surface area contributed by atoms with Gasteiger partial charge in [0.1, 0.15) is 5.82 Å². The maximum absolute atomic E-state index is 10.8. The summed E-state index contributed by atoms with van der Waals surface area (Å²) in [6, 6.07) is 15.6. The highest BCUT2D eigenvalue weighted by Gasteiger charge is 2.11. The molecule has 0 bridgehead atoms. The molecule has 20 heavy (non-hydrogen) atoms. The normalized spacial score (nSPS) is 10.4. The highest BCUT2D eigenvalue weighted by atomic mass is 35.5. The number of nitrogens with zero attached hydrogens (tertiary/aromatic N) is 1. The van der Waals surface area contributed by atoms with Crippen molar-refractivity contribution in [1.82, 2.24) is 9.97 Å².